The van der Waals surface area contributed by atoms with Crippen LogP contribution in [-0.2, 0) is 0 Å². The van der Waals surface area contributed by atoms with Gasteiger partial charge in [0.25, 0.3) is 5.91 Å². The van der Waals surface area contributed by atoms with Gasteiger partial charge in [-0.2, -0.15) is 0 Å². The van der Waals surface area contributed by atoms with Crippen molar-refractivity contribution in [3.63, 3.8) is 0 Å². The molecule has 0 spiro atoms. The quantitative estimate of drug-likeness (QED) is 0.820. The second-order valence-electron chi connectivity index (χ2n) is 3.78. The molecule has 0 fully saturated rings. The van der Waals surface area contributed by atoms with E-state index in [0.717, 1.165) is 12.8 Å². The molecule has 1 rings (SSSR count). The number of nitrogens with one attached hydrogen (secondary N) is 1. The summed E-state index contributed by atoms with van der Waals surface area (Å²) in [5, 5.41) is 2.89. The Labute approximate surface area is 111 Å². The van der Waals surface area contributed by atoms with Crippen molar-refractivity contribution in [2.45, 2.75) is 24.6 Å². The standard InChI is InChI=1S/C13H18BrNO2/c1-3-11(14)7-8-15-13(16)10-5-4-6-12(9-10)17-2/h4-6,9,11H,3,7-8H2,1-2H3,(H,15,16). The average Bonchev–Trinajstić information content (AvgIpc) is 2.38. The molecule has 0 saturated heterocycles. The number of halogens is 1. The number of carbonyl (C=O) groups excluding carboxylic acids is 1. The molecule has 1 N–H and O–H groups in total. The van der Waals surface area contributed by atoms with Gasteiger partial charge in [-0.3, -0.25) is 4.79 Å². The van der Waals surface area contributed by atoms with Crippen LogP contribution < -0.4 is 10.1 Å². The number of alkyl halides is 1. The normalized spacial score (nSPS) is 11.9. The van der Waals surface area contributed by atoms with Gasteiger partial charge in [-0.25, -0.2) is 0 Å². The van der Waals surface area contributed by atoms with Crippen LogP contribution in [0.2, 0.25) is 0 Å². The van der Waals surface area contributed by atoms with E-state index in [-0.39, 0.29) is 5.91 Å². The Morgan fingerprint density at radius 3 is 2.94 bits per heavy atom. The van der Waals surface area contributed by atoms with Crippen molar-refractivity contribution < 1.29 is 9.53 Å². The molecular weight excluding hydrogens is 282 g/mol. The third-order valence-corrected chi connectivity index (χ3v) is 3.62. The fourth-order valence-electron chi connectivity index (χ4n) is 1.41. The second kappa shape index (κ2) is 7.33. The van der Waals surface area contributed by atoms with E-state index in [4.69, 9.17) is 4.74 Å². The minimum absolute atomic E-state index is 0.0558. The van der Waals surface area contributed by atoms with Crippen molar-refractivity contribution in [1.82, 2.24) is 5.32 Å². The smallest absolute Gasteiger partial charge is 0.251 e. The van der Waals surface area contributed by atoms with Gasteiger partial charge in [0.1, 0.15) is 5.75 Å². The first-order valence-electron chi connectivity index (χ1n) is 5.73. The van der Waals surface area contributed by atoms with E-state index in [1.54, 1.807) is 19.2 Å². The van der Waals surface area contributed by atoms with Crippen LogP contribution in [0.15, 0.2) is 24.3 Å². The topological polar surface area (TPSA) is 38.3 Å². The molecule has 1 aromatic rings. The third kappa shape index (κ3) is 4.77. The average molecular weight is 300 g/mol. The summed E-state index contributed by atoms with van der Waals surface area (Å²) in [6, 6.07) is 7.15. The summed E-state index contributed by atoms with van der Waals surface area (Å²) in [4.78, 5) is 12.3. The number of hydrogen-bond donors (Lipinski definition) is 1. The zero-order valence-corrected chi connectivity index (χ0v) is 11.8. The fraction of sp³-hybridized carbons (Fsp3) is 0.462. The summed E-state index contributed by atoms with van der Waals surface area (Å²) >= 11 is 3.53. The number of hydrogen-bond acceptors (Lipinski definition) is 2. The number of rotatable bonds is 6. The lowest BCUT2D eigenvalue weighted by molar-refractivity contribution is 0.0953. The Balaban J connectivity index is 2.46. The van der Waals surface area contributed by atoms with E-state index in [1.165, 1.54) is 0 Å². The number of ether oxygens (including phenoxy) is 1. The Bertz CT molecular complexity index is 368. The zero-order chi connectivity index (χ0) is 12.7. The van der Waals surface area contributed by atoms with Crippen molar-refractivity contribution in [2.24, 2.45) is 0 Å². The Kier molecular flexibility index (Phi) is 6.05. The SMILES string of the molecule is CCC(Br)CCNC(=O)c1cccc(OC)c1. The molecular formula is C13H18BrNO2. The first-order valence-corrected chi connectivity index (χ1v) is 6.65. The van der Waals surface area contributed by atoms with Crippen molar-refractivity contribution in [3.05, 3.63) is 29.8 Å². The minimum Gasteiger partial charge on any atom is -0.497 e. The molecule has 0 aliphatic rings. The van der Waals surface area contributed by atoms with Crippen LogP contribution in [0.25, 0.3) is 0 Å². The van der Waals surface area contributed by atoms with E-state index in [2.05, 4.69) is 28.2 Å². The van der Waals surface area contributed by atoms with E-state index >= 15 is 0 Å². The molecule has 1 atom stereocenters. The van der Waals surface area contributed by atoms with Crippen LogP contribution in [0.5, 0.6) is 5.75 Å². The van der Waals surface area contributed by atoms with E-state index in [0.29, 0.717) is 22.7 Å². The van der Waals surface area contributed by atoms with Crippen LogP contribution >= 0.6 is 15.9 Å². The number of amides is 1. The van der Waals surface area contributed by atoms with Crippen molar-refractivity contribution >= 4 is 21.8 Å². The number of carbonyl (C=O) groups is 1. The summed E-state index contributed by atoms with van der Waals surface area (Å²) in [5.74, 6) is 0.643. The highest BCUT2D eigenvalue weighted by Gasteiger charge is 2.07. The lowest BCUT2D eigenvalue weighted by Crippen LogP contribution is -2.25. The molecule has 4 heteroatoms. The zero-order valence-electron chi connectivity index (χ0n) is 10.2. The van der Waals surface area contributed by atoms with E-state index in [9.17, 15) is 4.79 Å². The highest BCUT2D eigenvalue weighted by Crippen LogP contribution is 2.12. The van der Waals surface area contributed by atoms with Gasteiger partial charge in [-0.1, -0.05) is 28.9 Å². The van der Waals surface area contributed by atoms with Gasteiger partial charge in [-0.05, 0) is 31.0 Å². The third-order valence-electron chi connectivity index (χ3n) is 2.52. The van der Waals surface area contributed by atoms with Gasteiger partial charge >= 0.3 is 0 Å². The van der Waals surface area contributed by atoms with Gasteiger partial charge in [0, 0.05) is 16.9 Å². The van der Waals surface area contributed by atoms with Gasteiger partial charge in [0.05, 0.1) is 7.11 Å². The summed E-state index contributed by atoms with van der Waals surface area (Å²) in [6.45, 7) is 2.79. The Hall–Kier alpha value is -1.03. The van der Waals surface area contributed by atoms with Gasteiger partial charge in [0.2, 0.25) is 0 Å². The summed E-state index contributed by atoms with van der Waals surface area (Å²) in [7, 11) is 1.59. The van der Waals surface area contributed by atoms with Crippen LogP contribution in [0, 0.1) is 0 Å². The van der Waals surface area contributed by atoms with Crippen molar-refractivity contribution in [1.29, 1.82) is 0 Å². The molecule has 0 saturated carbocycles. The maximum absolute atomic E-state index is 11.8. The first-order chi connectivity index (χ1) is 8.17. The monoisotopic (exact) mass is 299 g/mol. The first kappa shape index (κ1) is 14.0. The minimum atomic E-state index is -0.0558. The summed E-state index contributed by atoms with van der Waals surface area (Å²) < 4.78 is 5.08. The molecule has 3 nitrogen and oxygen atoms in total. The maximum atomic E-state index is 11.8. The van der Waals surface area contributed by atoms with Crippen LogP contribution in [0.3, 0.4) is 0 Å². The molecule has 1 aromatic carbocycles. The van der Waals surface area contributed by atoms with Crippen LogP contribution in [-0.4, -0.2) is 24.4 Å². The predicted molar refractivity (Wildman–Crippen MR) is 73.0 cm³/mol. The van der Waals surface area contributed by atoms with Crippen molar-refractivity contribution in [2.75, 3.05) is 13.7 Å². The summed E-state index contributed by atoms with van der Waals surface area (Å²) in [6.07, 6.45) is 2.00. The van der Waals surface area contributed by atoms with Gasteiger partial charge < -0.3 is 10.1 Å². The largest absolute Gasteiger partial charge is 0.497 e. The van der Waals surface area contributed by atoms with E-state index < -0.39 is 0 Å². The molecule has 0 bridgehead atoms. The lowest BCUT2D eigenvalue weighted by atomic mass is 10.2. The molecule has 94 valence electrons. The Morgan fingerprint density at radius 2 is 2.29 bits per heavy atom. The molecule has 17 heavy (non-hydrogen) atoms. The van der Waals surface area contributed by atoms with E-state index in [1.807, 2.05) is 12.1 Å². The molecule has 0 aromatic heterocycles. The van der Waals surface area contributed by atoms with Crippen molar-refractivity contribution in [3.8, 4) is 5.75 Å². The number of methoxy groups -OCH3 is 1. The summed E-state index contributed by atoms with van der Waals surface area (Å²) in [5.41, 5.74) is 0.631. The molecule has 1 unspecified atom stereocenters. The molecule has 1 amide bonds. The number of benzene rings is 1. The predicted octanol–water partition coefficient (Wildman–Crippen LogP) is 2.99. The molecule has 0 aliphatic heterocycles. The van der Waals surface area contributed by atoms with Gasteiger partial charge in [-0.15, -0.1) is 0 Å². The van der Waals surface area contributed by atoms with Crippen LogP contribution in [0.4, 0.5) is 0 Å². The second-order valence-corrected chi connectivity index (χ2v) is 5.08. The highest BCUT2D eigenvalue weighted by atomic mass is 79.9. The van der Waals surface area contributed by atoms with Gasteiger partial charge in [0.15, 0.2) is 0 Å². The molecule has 0 radical (unpaired) electrons. The Morgan fingerprint density at radius 1 is 1.53 bits per heavy atom. The van der Waals surface area contributed by atoms with Crippen LogP contribution in [0.1, 0.15) is 30.1 Å². The highest BCUT2D eigenvalue weighted by molar-refractivity contribution is 9.09. The lowest BCUT2D eigenvalue weighted by Gasteiger charge is -2.09. The maximum Gasteiger partial charge on any atom is 0.251 e. The fourth-order valence-corrected chi connectivity index (χ4v) is 1.64. The molecule has 0 aliphatic carbocycles. The molecule has 0 heterocycles.